The smallest absolute Gasteiger partial charge is 0.256 e. The number of hydrogen-bond acceptors (Lipinski definition) is 3. The van der Waals surface area contributed by atoms with Crippen LogP contribution in [0.1, 0.15) is 41.0 Å². The minimum Gasteiger partial charge on any atom is -0.305 e. The number of benzene rings is 2. The van der Waals surface area contributed by atoms with E-state index < -0.39 is 17.2 Å². The van der Waals surface area contributed by atoms with Crippen LogP contribution in [0.5, 0.6) is 0 Å². The first kappa shape index (κ1) is 18.3. The van der Waals surface area contributed by atoms with Gasteiger partial charge in [0.15, 0.2) is 5.82 Å². The van der Waals surface area contributed by atoms with E-state index in [0.717, 1.165) is 17.3 Å². The molecular formula is C21H20F2N4O. The predicted molar refractivity (Wildman–Crippen MR) is 102 cm³/mol. The summed E-state index contributed by atoms with van der Waals surface area (Å²) in [6.07, 6.45) is 0. The number of rotatable bonds is 4. The van der Waals surface area contributed by atoms with Crippen molar-refractivity contribution in [1.29, 1.82) is 0 Å². The van der Waals surface area contributed by atoms with Gasteiger partial charge in [-0.15, -0.1) is 0 Å². The molecule has 0 radical (unpaired) electrons. The lowest BCUT2D eigenvalue weighted by Crippen LogP contribution is -2.35. The van der Waals surface area contributed by atoms with Crippen LogP contribution in [-0.2, 0) is 18.6 Å². The third-order valence-corrected chi connectivity index (χ3v) is 5.18. The number of aromatic amines is 1. The Bertz CT molecular complexity index is 1010. The van der Waals surface area contributed by atoms with Crippen LogP contribution in [0.25, 0.3) is 0 Å². The van der Waals surface area contributed by atoms with Crippen molar-refractivity contribution >= 4 is 11.7 Å². The second-order valence-corrected chi connectivity index (χ2v) is 7.44. The number of anilines is 1. The van der Waals surface area contributed by atoms with E-state index in [0.29, 0.717) is 30.0 Å². The number of H-pyrrole nitrogens is 1. The van der Waals surface area contributed by atoms with E-state index in [9.17, 15) is 13.6 Å². The van der Waals surface area contributed by atoms with Gasteiger partial charge >= 0.3 is 0 Å². The van der Waals surface area contributed by atoms with Crippen LogP contribution >= 0.6 is 0 Å². The summed E-state index contributed by atoms with van der Waals surface area (Å²) in [7, 11) is 0. The number of nitrogens with one attached hydrogen (secondary N) is 2. The molecule has 0 aliphatic carbocycles. The van der Waals surface area contributed by atoms with Gasteiger partial charge in [0.1, 0.15) is 11.6 Å². The molecular weight excluding hydrogens is 362 g/mol. The Labute approximate surface area is 161 Å². The highest BCUT2D eigenvalue weighted by Crippen LogP contribution is 2.41. The molecule has 0 bridgehead atoms. The summed E-state index contributed by atoms with van der Waals surface area (Å²) in [5.41, 5.74) is 2.43. The second-order valence-electron chi connectivity index (χ2n) is 7.44. The normalized spacial score (nSPS) is 15.4. The molecule has 1 aromatic heterocycles. The SMILES string of the molecule is CC1(C)c2[nH]nc(NC(=O)c3ccccc3)c2CN1Cc1cc(F)cc(F)c1. The molecule has 0 unspecified atom stereocenters. The Morgan fingerprint density at radius 3 is 2.54 bits per heavy atom. The molecule has 0 atom stereocenters. The number of amides is 1. The first-order valence-corrected chi connectivity index (χ1v) is 8.99. The molecule has 0 spiro atoms. The number of aromatic nitrogens is 2. The van der Waals surface area contributed by atoms with E-state index in [1.54, 1.807) is 24.3 Å². The minimum absolute atomic E-state index is 0.238. The first-order chi connectivity index (χ1) is 13.3. The third-order valence-electron chi connectivity index (χ3n) is 5.18. The van der Waals surface area contributed by atoms with Crippen molar-refractivity contribution in [3.8, 4) is 0 Å². The summed E-state index contributed by atoms with van der Waals surface area (Å²) in [5, 5.41) is 10.1. The quantitative estimate of drug-likeness (QED) is 0.711. The fraction of sp³-hybridized carbons (Fsp3) is 0.238. The van der Waals surface area contributed by atoms with Crippen molar-refractivity contribution < 1.29 is 13.6 Å². The molecule has 5 nitrogen and oxygen atoms in total. The Morgan fingerprint density at radius 2 is 1.86 bits per heavy atom. The van der Waals surface area contributed by atoms with Crippen LogP contribution in [0.4, 0.5) is 14.6 Å². The van der Waals surface area contributed by atoms with Gasteiger partial charge in [0.25, 0.3) is 5.91 Å². The summed E-state index contributed by atoms with van der Waals surface area (Å²) in [6.45, 7) is 4.89. The summed E-state index contributed by atoms with van der Waals surface area (Å²) < 4.78 is 27.1. The number of halogens is 2. The third kappa shape index (κ3) is 3.29. The standard InChI is InChI=1S/C21H20F2N4O/c1-21(2)18-17(12-27(21)11-13-8-15(22)10-16(23)9-13)19(26-25-18)24-20(28)14-6-4-3-5-7-14/h3-10H,11-12H2,1-2H3,(H2,24,25,26,28). The second kappa shape index (κ2) is 6.83. The van der Waals surface area contributed by atoms with Gasteiger partial charge in [-0.25, -0.2) is 8.78 Å². The maximum absolute atomic E-state index is 13.5. The largest absolute Gasteiger partial charge is 0.305 e. The number of hydrogen-bond donors (Lipinski definition) is 2. The molecule has 2 N–H and O–H groups in total. The Hall–Kier alpha value is -3.06. The first-order valence-electron chi connectivity index (χ1n) is 8.99. The molecule has 2 heterocycles. The van der Waals surface area contributed by atoms with E-state index in [4.69, 9.17) is 0 Å². The summed E-state index contributed by atoms with van der Waals surface area (Å²) in [5.74, 6) is -0.950. The van der Waals surface area contributed by atoms with Gasteiger partial charge in [-0.2, -0.15) is 5.10 Å². The van der Waals surface area contributed by atoms with Crippen molar-refractivity contribution in [3.63, 3.8) is 0 Å². The molecule has 1 aliphatic rings. The molecule has 144 valence electrons. The van der Waals surface area contributed by atoms with Crippen LogP contribution in [-0.4, -0.2) is 21.0 Å². The van der Waals surface area contributed by atoms with Gasteiger partial charge in [0.05, 0.1) is 11.2 Å². The summed E-state index contributed by atoms with van der Waals surface area (Å²) in [4.78, 5) is 14.5. The van der Waals surface area contributed by atoms with E-state index in [-0.39, 0.29) is 5.91 Å². The zero-order valence-corrected chi connectivity index (χ0v) is 15.6. The minimum atomic E-state index is -0.594. The molecule has 7 heteroatoms. The predicted octanol–water partition coefficient (Wildman–Crippen LogP) is 4.19. The molecule has 28 heavy (non-hydrogen) atoms. The average Bonchev–Trinajstić information content (AvgIpc) is 3.14. The molecule has 3 aromatic rings. The van der Waals surface area contributed by atoms with Gasteiger partial charge < -0.3 is 5.32 Å². The highest BCUT2D eigenvalue weighted by molar-refractivity contribution is 6.04. The summed E-state index contributed by atoms with van der Waals surface area (Å²) in [6, 6.07) is 12.4. The van der Waals surface area contributed by atoms with Crippen LogP contribution < -0.4 is 5.32 Å². The van der Waals surface area contributed by atoms with E-state index in [2.05, 4.69) is 20.4 Å². The van der Waals surface area contributed by atoms with E-state index in [1.807, 2.05) is 19.9 Å². The monoisotopic (exact) mass is 382 g/mol. The fourth-order valence-corrected chi connectivity index (χ4v) is 3.62. The van der Waals surface area contributed by atoms with Crippen LogP contribution in [0.15, 0.2) is 48.5 Å². The van der Waals surface area contributed by atoms with Gasteiger partial charge in [0.2, 0.25) is 0 Å². The van der Waals surface area contributed by atoms with Crippen LogP contribution in [0, 0.1) is 11.6 Å². The van der Waals surface area contributed by atoms with E-state index in [1.165, 1.54) is 12.1 Å². The molecule has 0 saturated heterocycles. The molecule has 1 amide bonds. The average molecular weight is 382 g/mol. The molecule has 0 saturated carbocycles. The van der Waals surface area contributed by atoms with Crippen LogP contribution in [0.2, 0.25) is 0 Å². The molecule has 1 aliphatic heterocycles. The fourth-order valence-electron chi connectivity index (χ4n) is 3.62. The highest BCUT2D eigenvalue weighted by atomic mass is 19.1. The van der Waals surface area contributed by atoms with Crippen molar-refractivity contribution in [2.75, 3.05) is 5.32 Å². The number of fused-ring (bicyclic) bond motifs is 1. The summed E-state index contributed by atoms with van der Waals surface area (Å²) >= 11 is 0. The Balaban J connectivity index is 1.56. The number of carbonyl (C=O) groups is 1. The Kier molecular flexibility index (Phi) is 4.47. The van der Waals surface area contributed by atoms with Gasteiger partial charge in [-0.05, 0) is 43.7 Å². The van der Waals surface area contributed by atoms with Gasteiger partial charge in [-0.1, -0.05) is 18.2 Å². The van der Waals surface area contributed by atoms with Crippen molar-refractivity contribution in [2.24, 2.45) is 0 Å². The lowest BCUT2D eigenvalue weighted by molar-refractivity contribution is 0.102. The molecule has 4 rings (SSSR count). The van der Waals surface area contributed by atoms with Crippen molar-refractivity contribution in [2.45, 2.75) is 32.5 Å². The van der Waals surface area contributed by atoms with Gasteiger partial charge in [-0.3, -0.25) is 14.8 Å². The lowest BCUT2D eigenvalue weighted by atomic mass is 10.00. The number of carbonyl (C=O) groups excluding carboxylic acids is 1. The topological polar surface area (TPSA) is 61.0 Å². The number of nitrogens with zero attached hydrogens (tertiary/aromatic N) is 2. The van der Waals surface area contributed by atoms with Gasteiger partial charge in [0, 0.05) is 30.3 Å². The Morgan fingerprint density at radius 1 is 1.18 bits per heavy atom. The maximum Gasteiger partial charge on any atom is 0.256 e. The molecule has 0 fully saturated rings. The maximum atomic E-state index is 13.5. The van der Waals surface area contributed by atoms with Crippen molar-refractivity contribution in [3.05, 3.63) is 82.5 Å². The van der Waals surface area contributed by atoms with E-state index >= 15 is 0 Å². The van der Waals surface area contributed by atoms with Crippen LogP contribution in [0.3, 0.4) is 0 Å². The zero-order chi connectivity index (χ0) is 19.9. The van der Waals surface area contributed by atoms with Crippen molar-refractivity contribution in [1.82, 2.24) is 15.1 Å². The highest BCUT2D eigenvalue weighted by Gasteiger charge is 2.41. The zero-order valence-electron chi connectivity index (χ0n) is 15.6. The molecule has 2 aromatic carbocycles. The lowest BCUT2D eigenvalue weighted by Gasteiger charge is -2.31.